The standard InChI is InChI=1S/C15H20N2O/c1-11-5-3-4-6-13(11)10-17(2)15(18)12-7-8-14(16)9-12/h3-8,12,14H,9-10,16H2,1-2H3. The minimum Gasteiger partial charge on any atom is -0.341 e. The van der Waals surface area contributed by atoms with Crippen LogP contribution in [0, 0.1) is 12.8 Å². The lowest BCUT2D eigenvalue weighted by atomic mass is 10.0. The first kappa shape index (κ1) is 12.8. The van der Waals surface area contributed by atoms with Crippen LogP contribution >= 0.6 is 0 Å². The molecule has 18 heavy (non-hydrogen) atoms. The molecule has 0 aliphatic heterocycles. The lowest BCUT2D eigenvalue weighted by Crippen LogP contribution is -2.32. The van der Waals surface area contributed by atoms with Crippen LogP contribution in [0.15, 0.2) is 36.4 Å². The summed E-state index contributed by atoms with van der Waals surface area (Å²) in [6, 6.07) is 8.19. The molecule has 96 valence electrons. The molecule has 2 atom stereocenters. The summed E-state index contributed by atoms with van der Waals surface area (Å²) < 4.78 is 0. The Hall–Kier alpha value is -1.61. The van der Waals surface area contributed by atoms with E-state index in [1.54, 1.807) is 4.90 Å². The molecule has 0 bridgehead atoms. The van der Waals surface area contributed by atoms with Crippen molar-refractivity contribution in [3.63, 3.8) is 0 Å². The van der Waals surface area contributed by atoms with Gasteiger partial charge in [-0.05, 0) is 24.5 Å². The molecule has 1 amide bonds. The van der Waals surface area contributed by atoms with Crippen LogP contribution in [0.1, 0.15) is 17.5 Å². The van der Waals surface area contributed by atoms with E-state index in [2.05, 4.69) is 19.1 Å². The van der Waals surface area contributed by atoms with Crippen molar-refractivity contribution in [1.82, 2.24) is 4.90 Å². The Morgan fingerprint density at radius 2 is 2.11 bits per heavy atom. The van der Waals surface area contributed by atoms with Crippen LogP contribution in [0.3, 0.4) is 0 Å². The van der Waals surface area contributed by atoms with E-state index in [0.717, 1.165) is 6.42 Å². The molecule has 3 heteroatoms. The number of hydrogen-bond donors (Lipinski definition) is 1. The maximum atomic E-state index is 12.2. The Morgan fingerprint density at radius 3 is 2.72 bits per heavy atom. The number of carbonyl (C=O) groups is 1. The molecule has 1 aromatic rings. The maximum absolute atomic E-state index is 12.2. The zero-order valence-electron chi connectivity index (χ0n) is 11.0. The van der Waals surface area contributed by atoms with Gasteiger partial charge in [-0.15, -0.1) is 0 Å². The number of nitrogens with two attached hydrogens (primary N) is 1. The second kappa shape index (κ2) is 5.36. The van der Waals surface area contributed by atoms with E-state index in [1.807, 2.05) is 31.3 Å². The fourth-order valence-electron chi connectivity index (χ4n) is 2.31. The Balaban J connectivity index is 2.00. The summed E-state index contributed by atoms with van der Waals surface area (Å²) in [5.74, 6) is 0.108. The van der Waals surface area contributed by atoms with E-state index < -0.39 is 0 Å². The third-order valence-electron chi connectivity index (χ3n) is 3.48. The molecule has 1 aromatic carbocycles. The Bertz CT molecular complexity index is 467. The highest BCUT2D eigenvalue weighted by Crippen LogP contribution is 2.20. The van der Waals surface area contributed by atoms with Crippen LogP contribution in [0.5, 0.6) is 0 Å². The minimum atomic E-state index is -0.0472. The van der Waals surface area contributed by atoms with Crippen LogP contribution in [-0.4, -0.2) is 23.9 Å². The predicted molar refractivity (Wildman–Crippen MR) is 72.9 cm³/mol. The number of benzene rings is 1. The first-order chi connectivity index (χ1) is 8.58. The molecule has 0 radical (unpaired) electrons. The van der Waals surface area contributed by atoms with Gasteiger partial charge in [0.2, 0.25) is 5.91 Å². The van der Waals surface area contributed by atoms with E-state index in [1.165, 1.54) is 11.1 Å². The SMILES string of the molecule is Cc1ccccc1CN(C)C(=O)C1C=CC(N)C1. The summed E-state index contributed by atoms with van der Waals surface area (Å²) in [6.45, 7) is 2.73. The summed E-state index contributed by atoms with van der Waals surface area (Å²) in [7, 11) is 1.85. The molecule has 1 aliphatic carbocycles. The van der Waals surface area contributed by atoms with E-state index in [4.69, 9.17) is 5.73 Å². The smallest absolute Gasteiger partial charge is 0.229 e. The monoisotopic (exact) mass is 244 g/mol. The summed E-state index contributed by atoms with van der Waals surface area (Å²) >= 11 is 0. The van der Waals surface area contributed by atoms with Gasteiger partial charge >= 0.3 is 0 Å². The zero-order valence-corrected chi connectivity index (χ0v) is 11.0. The van der Waals surface area contributed by atoms with Gasteiger partial charge in [0.05, 0.1) is 5.92 Å². The van der Waals surface area contributed by atoms with Crippen molar-refractivity contribution >= 4 is 5.91 Å². The molecule has 0 heterocycles. The highest BCUT2D eigenvalue weighted by molar-refractivity contribution is 5.81. The number of hydrogen-bond acceptors (Lipinski definition) is 2. The normalized spacial score (nSPS) is 22.2. The molecule has 0 saturated heterocycles. The van der Waals surface area contributed by atoms with Crippen LogP contribution in [-0.2, 0) is 11.3 Å². The van der Waals surface area contributed by atoms with Gasteiger partial charge < -0.3 is 10.6 Å². The number of amides is 1. The highest BCUT2D eigenvalue weighted by Gasteiger charge is 2.25. The van der Waals surface area contributed by atoms with E-state index in [-0.39, 0.29) is 17.9 Å². The Morgan fingerprint density at radius 1 is 1.39 bits per heavy atom. The second-order valence-corrected chi connectivity index (χ2v) is 5.01. The van der Waals surface area contributed by atoms with Gasteiger partial charge in [-0.25, -0.2) is 0 Å². The molecular formula is C15H20N2O. The topological polar surface area (TPSA) is 46.3 Å². The number of aryl methyl sites for hydroxylation is 1. The van der Waals surface area contributed by atoms with Gasteiger partial charge in [0.15, 0.2) is 0 Å². The van der Waals surface area contributed by atoms with Gasteiger partial charge in [-0.2, -0.15) is 0 Å². The van der Waals surface area contributed by atoms with Gasteiger partial charge in [0, 0.05) is 19.6 Å². The number of rotatable bonds is 3. The Kier molecular flexibility index (Phi) is 3.82. The molecule has 3 nitrogen and oxygen atoms in total. The summed E-state index contributed by atoms with van der Waals surface area (Å²) in [5.41, 5.74) is 8.19. The van der Waals surface area contributed by atoms with Crippen molar-refractivity contribution in [3.05, 3.63) is 47.5 Å². The quantitative estimate of drug-likeness (QED) is 0.825. The molecule has 0 saturated carbocycles. The maximum Gasteiger partial charge on any atom is 0.229 e. The Labute approximate surface area is 108 Å². The third kappa shape index (κ3) is 2.79. The van der Waals surface area contributed by atoms with Gasteiger partial charge in [-0.3, -0.25) is 4.79 Å². The molecule has 2 rings (SSSR count). The molecular weight excluding hydrogens is 224 g/mol. The summed E-state index contributed by atoms with van der Waals surface area (Å²) in [6.07, 6.45) is 4.59. The summed E-state index contributed by atoms with van der Waals surface area (Å²) in [4.78, 5) is 14.0. The average molecular weight is 244 g/mol. The van der Waals surface area contributed by atoms with Crippen molar-refractivity contribution < 1.29 is 4.79 Å². The lowest BCUT2D eigenvalue weighted by molar-refractivity contribution is -0.133. The largest absolute Gasteiger partial charge is 0.341 e. The predicted octanol–water partition coefficient (Wildman–Crippen LogP) is 1.86. The zero-order chi connectivity index (χ0) is 13.1. The molecule has 2 N–H and O–H groups in total. The van der Waals surface area contributed by atoms with Gasteiger partial charge in [-0.1, -0.05) is 36.4 Å². The first-order valence-electron chi connectivity index (χ1n) is 6.31. The highest BCUT2D eigenvalue weighted by atomic mass is 16.2. The minimum absolute atomic E-state index is 0.0332. The van der Waals surface area contributed by atoms with Crippen molar-refractivity contribution in [3.8, 4) is 0 Å². The average Bonchev–Trinajstić information content (AvgIpc) is 2.78. The van der Waals surface area contributed by atoms with Crippen LogP contribution in [0.25, 0.3) is 0 Å². The van der Waals surface area contributed by atoms with Crippen LogP contribution in [0.4, 0.5) is 0 Å². The fourth-order valence-corrected chi connectivity index (χ4v) is 2.31. The molecule has 0 spiro atoms. The van der Waals surface area contributed by atoms with Crippen molar-refractivity contribution in [1.29, 1.82) is 0 Å². The van der Waals surface area contributed by atoms with Crippen molar-refractivity contribution in [2.24, 2.45) is 11.7 Å². The second-order valence-electron chi connectivity index (χ2n) is 5.01. The van der Waals surface area contributed by atoms with Gasteiger partial charge in [0.1, 0.15) is 0 Å². The number of nitrogens with zero attached hydrogens (tertiary/aromatic N) is 1. The summed E-state index contributed by atoms with van der Waals surface area (Å²) in [5, 5.41) is 0. The van der Waals surface area contributed by atoms with Gasteiger partial charge in [0.25, 0.3) is 0 Å². The van der Waals surface area contributed by atoms with E-state index in [0.29, 0.717) is 6.54 Å². The molecule has 1 aliphatic rings. The first-order valence-corrected chi connectivity index (χ1v) is 6.31. The molecule has 0 aromatic heterocycles. The molecule has 0 fully saturated rings. The number of carbonyl (C=O) groups excluding carboxylic acids is 1. The fraction of sp³-hybridized carbons (Fsp3) is 0.400. The van der Waals surface area contributed by atoms with Crippen LogP contribution < -0.4 is 5.73 Å². The lowest BCUT2D eigenvalue weighted by Gasteiger charge is -2.21. The van der Waals surface area contributed by atoms with Crippen molar-refractivity contribution in [2.45, 2.75) is 25.9 Å². The van der Waals surface area contributed by atoms with E-state index in [9.17, 15) is 4.79 Å². The third-order valence-corrected chi connectivity index (χ3v) is 3.48. The van der Waals surface area contributed by atoms with E-state index >= 15 is 0 Å². The van der Waals surface area contributed by atoms with Crippen molar-refractivity contribution in [2.75, 3.05) is 7.05 Å². The van der Waals surface area contributed by atoms with Crippen LogP contribution in [0.2, 0.25) is 0 Å². The molecule has 2 unspecified atom stereocenters.